The van der Waals surface area contributed by atoms with Crippen molar-refractivity contribution in [3.8, 4) is 17.0 Å². The number of benzene rings is 2. The number of hydrogen-bond acceptors (Lipinski definition) is 8. The Bertz CT molecular complexity index is 1280. The van der Waals surface area contributed by atoms with Crippen LogP contribution in [-0.2, 0) is 48.6 Å². The molecule has 0 atom stereocenters. The van der Waals surface area contributed by atoms with Crippen LogP contribution in [0.1, 0.15) is 44.1 Å². The maximum atomic E-state index is 11.6. The second kappa shape index (κ2) is 15.8. The number of fused-ring (bicyclic) bond motifs is 1. The molecule has 219 valence electrons. The van der Waals surface area contributed by atoms with Gasteiger partial charge < -0.3 is 35.3 Å². The molecular weight excluding hydrogens is 617 g/mol. The van der Waals surface area contributed by atoms with Crippen LogP contribution in [0.25, 0.3) is 16.6 Å². The Labute approximate surface area is 271 Å². The minimum Gasteiger partial charge on any atom is -0.684 e. The smallest absolute Gasteiger partial charge is 0.407 e. The molecule has 3 N–H and O–H groups in total. The molecule has 5 rings (SSSR count). The van der Waals surface area contributed by atoms with Gasteiger partial charge in [0.05, 0.1) is 25.0 Å². The van der Waals surface area contributed by atoms with E-state index in [1.807, 2.05) is 45.0 Å². The molecule has 0 bridgehead atoms. The Morgan fingerprint density at radius 1 is 1.15 bits per heavy atom. The zero-order valence-electron chi connectivity index (χ0n) is 24.2. The predicted molar refractivity (Wildman–Crippen MR) is 159 cm³/mol. The third-order valence-corrected chi connectivity index (χ3v) is 6.74. The molecule has 1 aliphatic heterocycles. The topological polar surface area (TPSA) is 116 Å². The van der Waals surface area contributed by atoms with E-state index in [1.165, 1.54) is 5.56 Å². The van der Waals surface area contributed by atoms with E-state index in [1.54, 1.807) is 11.3 Å². The van der Waals surface area contributed by atoms with Crippen LogP contribution >= 0.6 is 11.3 Å². The molecule has 2 aliphatic rings. The zero-order chi connectivity index (χ0) is 28.5. The monoisotopic (exact) mass is 656 g/mol. The minimum atomic E-state index is -0.512. The van der Waals surface area contributed by atoms with E-state index in [2.05, 4.69) is 41.1 Å². The van der Waals surface area contributed by atoms with Crippen molar-refractivity contribution in [3.05, 3.63) is 58.2 Å². The predicted octanol–water partition coefficient (Wildman–Crippen LogP) is 6.48. The van der Waals surface area contributed by atoms with Gasteiger partial charge in [0.15, 0.2) is 5.13 Å². The van der Waals surface area contributed by atoms with Crippen molar-refractivity contribution in [1.29, 1.82) is 0 Å². The molecule has 0 spiro atoms. The Morgan fingerprint density at radius 3 is 2.66 bits per heavy atom. The number of ether oxygens (including phenoxy) is 3. The van der Waals surface area contributed by atoms with Crippen LogP contribution < -0.4 is 15.4 Å². The number of nitrogens with one attached hydrogen (secondary N) is 2. The molecule has 3 aromatic rings. The van der Waals surface area contributed by atoms with Crippen molar-refractivity contribution in [2.24, 2.45) is 0 Å². The molecule has 1 radical (unpaired) electrons. The van der Waals surface area contributed by atoms with Crippen molar-refractivity contribution in [2.75, 3.05) is 38.2 Å². The summed E-state index contributed by atoms with van der Waals surface area (Å²) in [6, 6.07) is 14.2. The molecule has 2 aromatic carbocycles. The van der Waals surface area contributed by atoms with Gasteiger partial charge in [0.25, 0.3) is 0 Å². The first-order valence-electron chi connectivity index (χ1n) is 13.7. The van der Waals surface area contributed by atoms with Gasteiger partial charge in [0, 0.05) is 61.4 Å². The van der Waals surface area contributed by atoms with Crippen LogP contribution in [-0.4, -0.2) is 60.8 Å². The molecule has 1 aliphatic carbocycles. The SMILES string of the molecule is Cc1sc(Nc2cccc(OCCOCCNC(=O)OC(C)(C)C)c2)nc1-c1ccc2c(c1)CC[N-]2.OC1CC1.[Y]. The van der Waals surface area contributed by atoms with E-state index in [4.69, 9.17) is 24.3 Å². The minimum absolute atomic E-state index is 0. The molecule has 11 heteroatoms. The number of amides is 1. The van der Waals surface area contributed by atoms with Crippen molar-refractivity contribution in [2.45, 2.75) is 58.7 Å². The quantitative estimate of drug-likeness (QED) is 0.214. The summed E-state index contributed by atoms with van der Waals surface area (Å²) < 4.78 is 16.5. The number of carbonyl (C=O) groups is 1. The Hall–Kier alpha value is -2.24. The first kappa shape index (κ1) is 33.3. The summed E-state index contributed by atoms with van der Waals surface area (Å²) in [7, 11) is 0. The average Bonchev–Trinajstić information content (AvgIpc) is 3.38. The number of alkyl carbamates (subject to hydrolysis) is 1. The first-order chi connectivity index (χ1) is 19.2. The fourth-order valence-corrected chi connectivity index (χ4v) is 4.68. The third kappa shape index (κ3) is 11.5. The van der Waals surface area contributed by atoms with Gasteiger partial charge in [-0.25, -0.2) is 9.78 Å². The molecular formula is C30H39N4O5SY-. The van der Waals surface area contributed by atoms with E-state index in [9.17, 15) is 4.79 Å². The summed E-state index contributed by atoms with van der Waals surface area (Å²) in [6.07, 6.45) is 2.72. The summed E-state index contributed by atoms with van der Waals surface area (Å²) >= 11 is 1.63. The molecule has 2 heterocycles. The number of anilines is 2. The summed E-state index contributed by atoms with van der Waals surface area (Å²) in [5.74, 6) is 0.742. The fourth-order valence-electron chi connectivity index (χ4n) is 3.82. The van der Waals surface area contributed by atoms with Gasteiger partial charge in [-0.3, -0.25) is 0 Å². The van der Waals surface area contributed by atoms with Crippen LogP contribution in [0.2, 0.25) is 0 Å². The standard InChI is InChI=1S/C27H33N4O4S.C3H6O.Y/c1-18-24(20-8-9-23-19(16-20)10-11-28-23)31-25(36-18)30-21-6-5-7-22(17-21)34-15-14-33-13-12-29-26(32)35-27(2,3)4;4-3-1-2-3;/h5-9,16-17H,10-15H2,1-4H3,(H,29,32)(H,30,31);3-4H,1-2H2;/q-1;;. The number of thiazole rings is 1. The van der Waals surface area contributed by atoms with E-state index in [-0.39, 0.29) is 38.8 Å². The van der Waals surface area contributed by atoms with Crippen LogP contribution in [0.4, 0.5) is 21.3 Å². The number of carbonyl (C=O) groups excluding carboxylic acids is 1. The number of nitrogens with zero attached hydrogens (tertiary/aromatic N) is 2. The van der Waals surface area contributed by atoms with Crippen molar-refractivity contribution < 1.29 is 56.8 Å². The van der Waals surface area contributed by atoms with Gasteiger partial charge in [-0.15, -0.1) is 23.6 Å². The van der Waals surface area contributed by atoms with Crippen LogP contribution in [0, 0.1) is 6.92 Å². The van der Waals surface area contributed by atoms with Gasteiger partial charge in [-0.1, -0.05) is 29.8 Å². The van der Waals surface area contributed by atoms with Crippen LogP contribution in [0.3, 0.4) is 0 Å². The third-order valence-electron chi connectivity index (χ3n) is 5.86. The second-order valence-electron chi connectivity index (χ2n) is 10.7. The van der Waals surface area contributed by atoms with Crippen molar-refractivity contribution >= 4 is 33.9 Å². The molecule has 1 fully saturated rings. The molecule has 41 heavy (non-hydrogen) atoms. The average molecular weight is 657 g/mol. The molecule has 1 amide bonds. The van der Waals surface area contributed by atoms with E-state index in [0.29, 0.717) is 26.4 Å². The largest absolute Gasteiger partial charge is 0.684 e. The fraction of sp³-hybridized carbons (Fsp3) is 0.467. The van der Waals surface area contributed by atoms with Gasteiger partial charge in [-0.2, -0.15) is 0 Å². The maximum Gasteiger partial charge on any atom is 0.407 e. The van der Waals surface area contributed by atoms with Crippen LogP contribution in [0.5, 0.6) is 5.75 Å². The molecule has 0 unspecified atom stereocenters. The molecule has 1 aromatic heterocycles. The summed E-state index contributed by atoms with van der Waals surface area (Å²) in [6.45, 7) is 10.0. The normalized spacial score (nSPS) is 13.6. The van der Waals surface area contributed by atoms with Crippen molar-refractivity contribution in [1.82, 2.24) is 10.3 Å². The molecule has 9 nitrogen and oxygen atoms in total. The molecule has 1 saturated carbocycles. The number of hydrogen-bond donors (Lipinski definition) is 3. The molecule has 0 saturated heterocycles. The Morgan fingerprint density at radius 2 is 1.93 bits per heavy atom. The van der Waals surface area contributed by atoms with Gasteiger partial charge in [-0.05, 0) is 59.1 Å². The summed E-state index contributed by atoms with van der Waals surface area (Å²) in [4.78, 5) is 17.6. The van der Waals surface area contributed by atoms with Crippen molar-refractivity contribution in [3.63, 3.8) is 0 Å². The summed E-state index contributed by atoms with van der Waals surface area (Å²) in [5.41, 5.74) is 4.92. The van der Waals surface area contributed by atoms with Gasteiger partial charge in [0.2, 0.25) is 0 Å². The number of rotatable bonds is 10. The number of aryl methyl sites for hydroxylation is 1. The zero-order valence-corrected chi connectivity index (χ0v) is 27.9. The Kier molecular flexibility index (Phi) is 12.9. The Balaban J connectivity index is 0.000000850. The number of aromatic nitrogens is 1. The van der Waals surface area contributed by atoms with Crippen LogP contribution in [0.15, 0.2) is 42.5 Å². The van der Waals surface area contributed by atoms with E-state index < -0.39 is 11.7 Å². The van der Waals surface area contributed by atoms with Gasteiger partial charge >= 0.3 is 6.09 Å². The van der Waals surface area contributed by atoms with E-state index in [0.717, 1.165) is 64.2 Å². The van der Waals surface area contributed by atoms with Gasteiger partial charge in [0.1, 0.15) is 18.0 Å². The summed E-state index contributed by atoms with van der Waals surface area (Å²) in [5, 5.41) is 19.6. The first-order valence-corrected chi connectivity index (χ1v) is 14.5. The number of aliphatic hydroxyl groups excluding tert-OH is 1. The van der Waals surface area contributed by atoms with E-state index >= 15 is 0 Å². The number of aliphatic hydroxyl groups is 1. The second-order valence-corrected chi connectivity index (χ2v) is 11.9. The maximum absolute atomic E-state index is 11.6.